The standard InChI is InChI=1S/C15H22BrNO/c1-4-6-8-18-15-12(3)9-14(16)10-13(15)11-17-7-5-2/h4,6,9-10,17H,5,7-8,11H2,1-3H3/b6-4+. The van der Waals surface area contributed by atoms with Crippen molar-refractivity contribution in [2.45, 2.75) is 33.7 Å². The summed E-state index contributed by atoms with van der Waals surface area (Å²) >= 11 is 3.54. The summed E-state index contributed by atoms with van der Waals surface area (Å²) in [7, 11) is 0. The number of allylic oxidation sites excluding steroid dienone is 1. The zero-order chi connectivity index (χ0) is 13.4. The summed E-state index contributed by atoms with van der Waals surface area (Å²) < 4.78 is 6.95. The fourth-order valence-electron chi connectivity index (χ4n) is 1.76. The third-order valence-corrected chi connectivity index (χ3v) is 3.08. The Morgan fingerprint density at radius 2 is 2.17 bits per heavy atom. The van der Waals surface area contributed by atoms with E-state index >= 15 is 0 Å². The molecule has 0 aliphatic rings. The van der Waals surface area contributed by atoms with Crippen molar-refractivity contribution in [3.05, 3.63) is 39.9 Å². The van der Waals surface area contributed by atoms with Crippen LogP contribution in [0.15, 0.2) is 28.8 Å². The van der Waals surface area contributed by atoms with Crippen molar-refractivity contribution in [1.29, 1.82) is 0 Å². The minimum absolute atomic E-state index is 0.625. The number of aryl methyl sites for hydroxylation is 1. The predicted molar refractivity (Wildman–Crippen MR) is 81.2 cm³/mol. The van der Waals surface area contributed by atoms with Gasteiger partial charge in [-0.15, -0.1) is 0 Å². The number of benzene rings is 1. The average Bonchev–Trinajstić information content (AvgIpc) is 2.32. The molecule has 3 heteroatoms. The van der Waals surface area contributed by atoms with Gasteiger partial charge in [0.05, 0.1) is 0 Å². The van der Waals surface area contributed by atoms with E-state index in [2.05, 4.69) is 47.2 Å². The monoisotopic (exact) mass is 311 g/mol. The Kier molecular flexibility index (Phi) is 7.06. The summed E-state index contributed by atoms with van der Waals surface area (Å²) in [6, 6.07) is 4.22. The van der Waals surface area contributed by atoms with Crippen molar-refractivity contribution in [3.8, 4) is 5.75 Å². The maximum atomic E-state index is 5.85. The summed E-state index contributed by atoms with van der Waals surface area (Å²) in [5.74, 6) is 1.000. The smallest absolute Gasteiger partial charge is 0.127 e. The molecule has 0 fully saturated rings. The number of halogens is 1. The van der Waals surface area contributed by atoms with Gasteiger partial charge in [-0.25, -0.2) is 0 Å². The van der Waals surface area contributed by atoms with Crippen LogP contribution >= 0.6 is 15.9 Å². The highest BCUT2D eigenvalue weighted by Crippen LogP contribution is 2.28. The van der Waals surface area contributed by atoms with Crippen molar-refractivity contribution in [2.24, 2.45) is 0 Å². The van der Waals surface area contributed by atoms with Crippen LogP contribution in [0, 0.1) is 6.92 Å². The summed E-state index contributed by atoms with van der Waals surface area (Å²) in [4.78, 5) is 0. The van der Waals surface area contributed by atoms with Crippen molar-refractivity contribution in [2.75, 3.05) is 13.2 Å². The quantitative estimate of drug-likeness (QED) is 0.601. The van der Waals surface area contributed by atoms with Crippen LogP contribution in [0.4, 0.5) is 0 Å². The van der Waals surface area contributed by atoms with E-state index in [9.17, 15) is 0 Å². The van der Waals surface area contributed by atoms with Gasteiger partial charge in [0.2, 0.25) is 0 Å². The predicted octanol–water partition coefficient (Wildman–Crippen LogP) is 4.21. The lowest BCUT2D eigenvalue weighted by Crippen LogP contribution is -2.15. The maximum Gasteiger partial charge on any atom is 0.127 e. The summed E-state index contributed by atoms with van der Waals surface area (Å²) in [5, 5.41) is 3.42. The van der Waals surface area contributed by atoms with E-state index in [0.717, 1.165) is 29.7 Å². The summed E-state index contributed by atoms with van der Waals surface area (Å²) in [6.45, 7) is 8.75. The molecule has 1 aromatic carbocycles. The molecule has 0 atom stereocenters. The zero-order valence-electron chi connectivity index (χ0n) is 11.4. The van der Waals surface area contributed by atoms with Gasteiger partial charge >= 0.3 is 0 Å². The highest BCUT2D eigenvalue weighted by atomic mass is 79.9. The normalized spacial score (nSPS) is 11.1. The molecule has 0 aliphatic heterocycles. The Balaban J connectivity index is 2.82. The lowest BCUT2D eigenvalue weighted by molar-refractivity contribution is 0.354. The van der Waals surface area contributed by atoms with Gasteiger partial charge in [0.15, 0.2) is 0 Å². The van der Waals surface area contributed by atoms with Crippen molar-refractivity contribution >= 4 is 15.9 Å². The van der Waals surface area contributed by atoms with E-state index in [1.807, 2.05) is 19.1 Å². The third-order valence-electron chi connectivity index (χ3n) is 2.62. The van der Waals surface area contributed by atoms with Gasteiger partial charge in [0, 0.05) is 16.6 Å². The van der Waals surface area contributed by atoms with Crippen LogP contribution in [0.25, 0.3) is 0 Å². The van der Waals surface area contributed by atoms with Gasteiger partial charge in [-0.1, -0.05) is 35.0 Å². The molecule has 1 N–H and O–H groups in total. The lowest BCUT2D eigenvalue weighted by Gasteiger charge is -2.14. The largest absolute Gasteiger partial charge is 0.489 e. The van der Waals surface area contributed by atoms with Crippen molar-refractivity contribution in [3.63, 3.8) is 0 Å². The second-order valence-electron chi connectivity index (χ2n) is 4.27. The van der Waals surface area contributed by atoms with Crippen LogP contribution in [0.2, 0.25) is 0 Å². The molecule has 0 heterocycles. The fraction of sp³-hybridized carbons (Fsp3) is 0.467. The molecule has 0 aromatic heterocycles. The third kappa shape index (κ3) is 4.83. The molecule has 1 rings (SSSR count). The molecular weight excluding hydrogens is 290 g/mol. The van der Waals surface area contributed by atoms with Crippen LogP contribution in [-0.4, -0.2) is 13.2 Å². The fourth-order valence-corrected chi connectivity index (χ4v) is 2.38. The number of rotatable bonds is 7. The highest BCUT2D eigenvalue weighted by Gasteiger charge is 2.08. The Morgan fingerprint density at radius 1 is 1.39 bits per heavy atom. The zero-order valence-corrected chi connectivity index (χ0v) is 13.0. The Morgan fingerprint density at radius 3 is 2.83 bits per heavy atom. The molecule has 0 saturated carbocycles. The van der Waals surface area contributed by atoms with Crippen LogP contribution in [0.3, 0.4) is 0 Å². The number of hydrogen-bond acceptors (Lipinski definition) is 2. The van der Waals surface area contributed by atoms with Crippen LogP contribution < -0.4 is 10.1 Å². The first-order chi connectivity index (χ1) is 8.69. The van der Waals surface area contributed by atoms with E-state index in [1.54, 1.807) is 0 Å². The second-order valence-corrected chi connectivity index (χ2v) is 5.18. The highest BCUT2D eigenvalue weighted by molar-refractivity contribution is 9.10. The Bertz CT molecular complexity index is 402. The molecule has 100 valence electrons. The van der Waals surface area contributed by atoms with E-state index in [0.29, 0.717) is 6.61 Å². The molecule has 0 radical (unpaired) electrons. The Labute approximate surface area is 119 Å². The topological polar surface area (TPSA) is 21.3 Å². The maximum absolute atomic E-state index is 5.85. The second kappa shape index (κ2) is 8.33. The number of hydrogen-bond donors (Lipinski definition) is 1. The van der Waals surface area contributed by atoms with E-state index in [1.165, 1.54) is 11.1 Å². The van der Waals surface area contributed by atoms with E-state index in [4.69, 9.17) is 4.74 Å². The van der Waals surface area contributed by atoms with Crippen LogP contribution in [0.5, 0.6) is 5.75 Å². The van der Waals surface area contributed by atoms with Gasteiger partial charge in [0.1, 0.15) is 12.4 Å². The Hall–Kier alpha value is -0.800. The van der Waals surface area contributed by atoms with Gasteiger partial charge in [0.25, 0.3) is 0 Å². The molecule has 0 bridgehead atoms. The van der Waals surface area contributed by atoms with E-state index < -0.39 is 0 Å². The molecule has 0 amide bonds. The van der Waals surface area contributed by atoms with Gasteiger partial charge in [-0.05, 0) is 44.5 Å². The minimum Gasteiger partial charge on any atom is -0.489 e. The molecule has 0 aliphatic carbocycles. The van der Waals surface area contributed by atoms with E-state index in [-0.39, 0.29) is 0 Å². The van der Waals surface area contributed by atoms with Gasteiger partial charge < -0.3 is 10.1 Å². The van der Waals surface area contributed by atoms with Gasteiger partial charge in [-0.2, -0.15) is 0 Å². The molecule has 18 heavy (non-hydrogen) atoms. The number of ether oxygens (including phenoxy) is 1. The first-order valence-corrected chi connectivity index (χ1v) is 7.22. The van der Waals surface area contributed by atoms with Crippen molar-refractivity contribution in [1.82, 2.24) is 5.32 Å². The first kappa shape index (κ1) is 15.3. The average molecular weight is 312 g/mol. The minimum atomic E-state index is 0.625. The molecule has 2 nitrogen and oxygen atoms in total. The SMILES string of the molecule is C/C=C/COc1c(C)cc(Br)cc1CNCCC. The molecule has 0 unspecified atom stereocenters. The van der Waals surface area contributed by atoms with Gasteiger partial charge in [-0.3, -0.25) is 0 Å². The van der Waals surface area contributed by atoms with Crippen LogP contribution in [0.1, 0.15) is 31.4 Å². The number of nitrogens with one attached hydrogen (secondary N) is 1. The first-order valence-electron chi connectivity index (χ1n) is 6.42. The molecular formula is C15H22BrNO. The summed E-state index contributed by atoms with van der Waals surface area (Å²) in [6.07, 6.45) is 5.16. The molecule has 0 spiro atoms. The molecule has 1 aromatic rings. The molecule has 0 saturated heterocycles. The van der Waals surface area contributed by atoms with Crippen LogP contribution in [-0.2, 0) is 6.54 Å². The summed E-state index contributed by atoms with van der Waals surface area (Å²) in [5.41, 5.74) is 2.38. The lowest BCUT2D eigenvalue weighted by atomic mass is 10.1. The van der Waals surface area contributed by atoms with Crippen molar-refractivity contribution < 1.29 is 4.74 Å².